The second kappa shape index (κ2) is 8.02. The lowest BCUT2D eigenvalue weighted by molar-refractivity contribution is -0.134. The van der Waals surface area contributed by atoms with Gasteiger partial charge in [-0.25, -0.2) is 4.79 Å². The molecule has 0 saturated carbocycles. The number of aryl methyl sites for hydroxylation is 1. The molecule has 1 heterocycles. The van der Waals surface area contributed by atoms with Crippen LogP contribution >= 0.6 is 11.6 Å². The van der Waals surface area contributed by atoms with E-state index in [4.69, 9.17) is 11.6 Å². The van der Waals surface area contributed by atoms with E-state index in [1.165, 1.54) is 0 Å². The van der Waals surface area contributed by atoms with E-state index < -0.39 is 23.4 Å². The molecule has 0 spiro atoms. The van der Waals surface area contributed by atoms with Crippen molar-refractivity contribution in [2.75, 3.05) is 13.1 Å². The number of nitrogens with one attached hydrogen (secondary N) is 2. The van der Waals surface area contributed by atoms with Crippen molar-refractivity contribution in [2.24, 2.45) is 0 Å². The van der Waals surface area contributed by atoms with Crippen LogP contribution in [0, 0.1) is 6.92 Å². The summed E-state index contributed by atoms with van der Waals surface area (Å²) in [5.74, 6) is -0.829. The molecule has 0 unspecified atom stereocenters. The van der Waals surface area contributed by atoms with Crippen LogP contribution in [-0.2, 0) is 21.5 Å². The van der Waals surface area contributed by atoms with Gasteiger partial charge in [0, 0.05) is 11.6 Å². The second-order valence-electron chi connectivity index (χ2n) is 7.04. The highest BCUT2D eigenvalue weighted by atomic mass is 35.5. The molecule has 1 atom stereocenters. The summed E-state index contributed by atoms with van der Waals surface area (Å²) in [6.07, 6.45) is 0.605. The minimum absolute atomic E-state index is 0.318. The summed E-state index contributed by atoms with van der Waals surface area (Å²) < 4.78 is 0. The highest BCUT2D eigenvalue weighted by Crippen LogP contribution is 2.28. The summed E-state index contributed by atoms with van der Waals surface area (Å²) >= 11 is 5.94. The van der Waals surface area contributed by atoms with Gasteiger partial charge in [-0.05, 0) is 43.5 Å². The third kappa shape index (κ3) is 4.17. The van der Waals surface area contributed by atoms with Gasteiger partial charge in [-0.2, -0.15) is 0 Å². The molecular formula is C21H22ClN3O3. The van der Waals surface area contributed by atoms with Crippen LogP contribution in [0.3, 0.4) is 0 Å². The Morgan fingerprint density at radius 3 is 2.57 bits per heavy atom. The van der Waals surface area contributed by atoms with Crippen molar-refractivity contribution in [2.45, 2.75) is 25.8 Å². The van der Waals surface area contributed by atoms with Gasteiger partial charge in [-0.15, -0.1) is 0 Å². The minimum Gasteiger partial charge on any atom is -0.354 e. The normalized spacial score (nSPS) is 18.9. The molecule has 6 nitrogen and oxygen atoms in total. The van der Waals surface area contributed by atoms with Gasteiger partial charge in [0.25, 0.3) is 5.91 Å². The molecule has 0 bridgehead atoms. The lowest BCUT2D eigenvalue weighted by Crippen LogP contribution is -2.43. The van der Waals surface area contributed by atoms with Crippen molar-refractivity contribution >= 4 is 29.4 Å². The minimum atomic E-state index is -1.17. The van der Waals surface area contributed by atoms with Crippen LogP contribution in [0.5, 0.6) is 0 Å². The number of benzene rings is 2. The van der Waals surface area contributed by atoms with Crippen molar-refractivity contribution < 1.29 is 14.4 Å². The number of rotatable bonds is 6. The Hall–Kier alpha value is -2.86. The topological polar surface area (TPSA) is 78.5 Å². The number of hydrogen-bond donors (Lipinski definition) is 2. The van der Waals surface area contributed by atoms with E-state index in [-0.39, 0.29) is 6.54 Å². The maximum Gasteiger partial charge on any atom is 0.325 e. The number of imide groups is 1. The van der Waals surface area contributed by atoms with E-state index in [2.05, 4.69) is 10.6 Å². The van der Waals surface area contributed by atoms with Gasteiger partial charge in [0.05, 0.1) is 0 Å². The van der Waals surface area contributed by atoms with Crippen molar-refractivity contribution in [3.8, 4) is 0 Å². The van der Waals surface area contributed by atoms with E-state index in [1.807, 2.05) is 49.4 Å². The molecule has 2 aromatic rings. The summed E-state index contributed by atoms with van der Waals surface area (Å²) in [6, 6.07) is 14.2. The monoisotopic (exact) mass is 399 g/mol. The zero-order valence-electron chi connectivity index (χ0n) is 15.8. The second-order valence-corrected chi connectivity index (χ2v) is 7.48. The van der Waals surface area contributed by atoms with Gasteiger partial charge in [0.15, 0.2) is 0 Å². The third-order valence-corrected chi connectivity index (χ3v) is 5.07. The fourth-order valence-electron chi connectivity index (χ4n) is 3.16. The number of carbonyl (C=O) groups excluding carboxylic acids is 3. The average Bonchev–Trinajstić information content (AvgIpc) is 2.86. The summed E-state index contributed by atoms with van der Waals surface area (Å²) in [6.45, 7) is 3.66. The van der Waals surface area contributed by atoms with Gasteiger partial charge in [0.2, 0.25) is 5.91 Å². The zero-order chi connectivity index (χ0) is 20.3. The van der Waals surface area contributed by atoms with E-state index in [1.54, 1.807) is 13.0 Å². The Balaban J connectivity index is 1.59. The van der Waals surface area contributed by atoms with Crippen LogP contribution in [0.25, 0.3) is 0 Å². The first-order valence-corrected chi connectivity index (χ1v) is 9.40. The molecule has 1 fully saturated rings. The van der Waals surface area contributed by atoms with E-state index in [0.717, 1.165) is 16.0 Å². The summed E-state index contributed by atoms with van der Waals surface area (Å²) in [7, 11) is 0. The molecule has 0 radical (unpaired) electrons. The maximum atomic E-state index is 12.8. The molecule has 1 aliphatic heterocycles. The van der Waals surface area contributed by atoms with Crippen LogP contribution in [0.2, 0.25) is 5.02 Å². The Morgan fingerprint density at radius 2 is 1.89 bits per heavy atom. The molecule has 28 heavy (non-hydrogen) atoms. The average molecular weight is 400 g/mol. The molecule has 1 aliphatic rings. The lowest BCUT2D eigenvalue weighted by Gasteiger charge is -2.22. The maximum absolute atomic E-state index is 12.8. The number of carbonyl (C=O) groups is 3. The Morgan fingerprint density at radius 1 is 1.18 bits per heavy atom. The van der Waals surface area contributed by atoms with E-state index in [0.29, 0.717) is 23.6 Å². The smallest absolute Gasteiger partial charge is 0.325 e. The van der Waals surface area contributed by atoms with Crippen molar-refractivity contribution in [3.05, 3.63) is 70.2 Å². The van der Waals surface area contributed by atoms with Crippen molar-refractivity contribution in [1.29, 1.82) is 0 Å². The Labute approximate surface area is 168 Å². The van der Waals surface area contributed by atoms with Gasteiger partial charge < -0.3 is 10.6 Å². The molecule has 2 N–H and O–H groups in total. The largest absolute Gasteiger partial charge is 0.354 e. The van der Waals surface area contributed by atoms with Crippen LogP contribution in [-0.4, -0.2) is 35.8 Å². The van der Waals surface area contributed by atoms with Crippen molar-refractivity contribution in [3.63, 3.8) is 0 Å². The van der Waals surface area contributed by atoms with E-state index >= 15 is 0 Å². The molecule has 3 rings (SSSR count). The van der Waals surface area contributed by atoms with Gasteiger partial charge >= 0.3 is 6.03 Å². The van der Waals surface area contributed by atoms with Crippen LogP contribution in [0.15, 0.2) is 48.5 Å². The van der Waals surface area contributed by atoms with Gasteiger partial charge in [0.1, 0.15) is 12.1 Å². The SMILES string of the molecule is Cc1ccc([C@@]2(C)NC(=O)N(CC(=O)NCCc3cccc(Cl)c3)C2=O)cc1. The summed E-state index contributed by atoms with van der Waals surface area (Å²) in [5.41, 5.74) is 1.56. The first-order valence-electron chi connectivity index (χ1n) is 9.02. The van der Waals surface area contributed by atoms with Gasteiger partial charge in [-0.3, -0.25) is 14.5 Å². The fourth-order valence-corrected chi connectivity index (χ4v) is 3.37. The van der Waals surface area contributed by atoms with Gasteiger partial charge in [-0.1, -0.05) is 53.6 Å². The third-order valence-electron chi connectivity index (χ3n) is 4.83. The predicted octanol–water partition coefficient (Wildman–Crippen LogP) is 2.77. The highest BCUT2D eigenvalue weighted by molar-refractivity contribution is 6.30. The Bertz CT molecular complexity index is 913. The van der Waals surface area contributed by atoms with Crippen LogP contribution in [0.1, 0.15) is 23.6 Å². The molecule has 4 amide bonds. The molecular weight excluding hydrogens is 378 g/mol. The number of halogens is 1. The highest BCUT2D eigenvalue weighted by Gasteiger charge is 2.49. The number of hydrogen-bond acceptors (Lipinski definition) is 3. The number of nitrogens with zero attached hydrogens (tertiary/aromatic N) is 1. The summed E-state index contributed by atoms with van der Waals surface area (Å²) in [4.78, 5) is 38.3. The molecule has 1 saturated heterocycles. The number of amides is 4. The molecule has 2 aromatic carbocycles. The fraction of sp³-hybridized carbons (Fsp3) is 0.286. The molecule has 146 valence electrons. The molecule has 0 aromatic heterocycles. The quantitative estimate of drug-likeness (QED) is 0.733. The predicted molar refractivity (Wildman–Crippen MR) is 107 cm³/mol. The first kappa shape index (κ1) is 19.9. The zero-order valence-corrected chi connectivity index (χ0v) is 16.5. The van der Waals surface area contributed by atoms with Crippen molar-refractivity contribution in [1.82, 2.24) is 15.5 Å². The van der Waals surface area contributed by atoms with E-state index in [9.17, 15) is 14.4 Å². The first-order chi connectivity index (χ1) is 13.3. The molecule has 7 heteroatoms. The lowest BCUT2D eigenvalue weighted by atomic mass is 9.91. The molecule has 0 aliphatic carbocycles. The summed E-state index contributed by atoms with van der Waals surface area (Å²) in [5, 5.41) is 6.08. The van der Waals surface area contributed by atoms with Crippen LogP contribution < -0.4 is 10.6 Å². The standard InChI is InChI=1S/C21H22ClN3O3/c1-14-6-8-16(9-7-14)21(2)19(27)25(20(28)24-21)13-18(26)23-11-10-15-4-3-5-17(22)12-15/h3-9,12H,10-11,13H2,1-2H3,(H,23,26)(H,24,28)/t21-/m1/s1. The Kier molecular flexibility index (Phi) is 5.70. The van der Waals surface area contributed by atoms with Crippen LogP contribution in [0.4, 0.5) is 4.79 Å². The number of urea groups is 1.